The summed E-state index contributed by atoms with van der Waals surface area (Å²) < 4.78 is 0. The number of phenolic OH excluding ortho intramolecular Hbond substituents is 1. The number of aromatic hydroxyl groups is 1. The van der Waals surface area contributed by atoms with Crippen molar-refractivity contribution in [2.24, 2.45) is 5.10 Å². The van der Waals surface area contributed by atoms with Gasteiger partial charge in [0, 0.05) is 5.71 Å². The van der Waals surface area contributed by atoms with Crippen molar-refractivity contribution in [3.63, 3.8) is 0 Å². The van der Waals surface area contributed by atoms with Crippen LogP contribution in [0, 0.1) is 0 Å². The Morgan fingerprint density at radius 3 is 2.57 bits per heavy atom. The summed E-state index contributed by atoms with van der Waals surface area (Å²) in [6.45, 7) is 4.00. The predicted molar refractivity (Wildman–Crippen MR) is 85.7 cm³/mol. The second kappa shape index (κ2) is 6.88. The van der Waals surface area contributed by atoms with Crippen molar-refractivity contribution in [1.29, 1.82) is 0 Å². The minimum Gasteiger partial charge on any atom is -0.507 e. The van der Waals surface area contributed by atoms with E-state index in [0.29, 0.717) is 0 Å². The van der Waals surface area contributed by atoms with Gasteiger partial charge in [0.2, 0.25) is 0 Å². The third-order valence-corrected chi connectivity index (χ3v) is 3.35. The second-order valence-electron chi connectivity index (χ2n) is 5.11. The molecule has 2 aromatic rings. The number of carbonyl (C=O) groups excluding carboxylic acids is 1. The van der Waals surface area contributed by atoms with Gasteiger partial charge in [0.25, 0.3) is 5.91 Å². The van der Waals surface area contributed by atoms with E-state index in [1.807, 2.05) is 31.2 Å². The number of nitrogens with one attached hydrogen (secondary N) is 1. The number of unbranched alkanes of at least 4 members (excludes halogenated alkanes) is 1. The molecule has 0 aromatic heterocycles. The van der Waals surface area contributed by atoms with E-state index in [4.69, 9.17) is 0 Å². The Kier molecular flexibility index (Phi) is 4.93. The van der Waals surface area contributed by atoms with Crippen molar-refractivity contribution in [2.75, 3.05) is 0 Å². The molecule has 0 aliphatic carbocycles. The molecule has 110 valence electrons. The van der Waals surface area contributed by atoms with Gasteiger partial charge in [0.05, 0.1) is 5.56 Å². The van der Waals surface area contributed by atoms with Crippen molar-refractivity contribution in [3.05, 3.63) is 42.0 Å². The van der Waals surface area contributed by atoms with Crippen LogP contribution in [-0.2, 0) is 0 Å². The van der Waals surface area contributed by atoms with Crippen molar-refractivity contribution in [1.82, 2.24) is 5.43 Å². The summed E-state index contributed by atoms with van der Waals surface area (Å²) in [5.41, 5.74) is 3.62. The molecule has 4 heteroatoms. The highest BCUT2D eigenvalue weighted by Gasteiger charge is 2.11. The Morgan fingerprint density at radius 2 is 1.90 bits per heavy atom. The quantitative estimate of drug-likeness (QED) is 0.647. The molecule has 0 saturated heterocycles. The Morgan fingerprint density at radius 1 is 1.24 bits per heavy atom. The van der Waals surface area contributed by atoms with Gasteiger partial charge in [-0.1, -0.05) is 37.6 Å². The first-order valence-electron chi connectivity index (χ1n) is 7.17. The Bertz CT molecular complexity index is 678. The van der Waals surface area contributed by atoms with Gasteiger partial charge < -0.3 is 5.11 Å². The average molecular weight is 284 g/mol. The Hall–Kier alpha value is -2.36. The SMILES string of the molecule is CCCC/C(C)=N/NC(=O)c1cc2ccccc2cc1O. The molecule has 0 aliphatic rings. The van der Waals surface area contributed by atoms with Crippen LogP contribution in [0.3, 0.4) is 0 Å². The molecule has 0 spiro atoms. The van der Waals surface area contributed by atoms with Crippen molar-refractivity contribution < 1.29 is 9.90 Å². The normalized spacial score (nSPS) is 11.6. The van der Waals surface area contributed by atoms with E-state index in [-0.39, 0.29) is 11.3 Å². The lowest BCUT2D eigenvalue weighted by molar-refractivity contribution is 0.0952. The van der Waals surface area contributed by atoms with Crippen LogP contribution in [0.5, 0.6) is 5.75 Å². The Balaban J connectivity index is 2.17. The van der Waals surface area contributed by atoms with Crippen LogP contribution in [-0.4, -0.2) is 16.7 Å². The topological polar surface area (TPSA) is 61.7 Å². The number of hydrogen-bond acceptors (Lipinski definition) is 3. The lowest BCUT2D eigenvalue weighted by Crippen LogP contribution is -2.19. The summed E-state index contributed by atoms with van der Waals surface area (Å²) >= 11 is 0. The molecule has 0 radical (unpaired) electrons. The zero-order valence-electron chi connectivity index (χ0n) is 12.4. The minimum absolute atomic E-state index is 0.0346. The summed E-state index contributed by atoms with van der Waals surface area (Å²) in [6.07, 6.45) is 3.00. The van der Waals surface area contributed by atoms with E-state index < -0.39 is 5.91 Å². The first kappa shape index (κ1) is 15.0. The fraction of sp³-hybridized carbons (Fsp3) is 0.294. The molecule has 1 amide bonds. The number of carbonyl (C=O) groups is 1. The fourth-order valence-corrected chi connectivity index (χ4v) is 2.11. The van der Waals surface area contributed by atoms with E-state index in [2.05, 4.69) is 17.5 Å². The van der Waals surface area contributed by atoms with Crippen LogP contribution >= 0.6 is 0 Å². The summed E-state index contributed by atoms with van der Waals surface area (Å²) in [5.74, 6) is -0.429. The first-order chi connectivity index (χ1) is 10.1. The lowest BCUT2D eigenvalue weighted by atomic mass is 10.1. The molecule has 0 fully saturated rings. The second-order valence-corrected chi connectivity index (χ2v) is 5.11. The van der Waals surface area contributed by atoms with Gasteiger partial charge in [-0.05, 0) is 42.7 Å². The smallest absolute Gasteiger partial charge is 0.275 e. The Labute approximate surface area is 124 Å². The molecule has 0 heterocycles. The molecule has 0 bridgehead atoms. The number of phenols is 1. The number of hydrogen-bond donors (Lipinski definition) is 2. The maximum absolute atomic E-state index is 12.1. The zero-order valence-corrected chi connectivity index (χ0v) is 12.4. The van der Waals surface area contributed by atoms with Gasteiger partial charge in [0.15, 0.2) is 0 Å². The largest absolute Gasteiger partial charge is 0.507 e. The summed E-state index contributed by atoms with van der Waals surface area (Å²) in [6, 6.07) is 10.9. The van der Waals surface area contributed by atoms with Gasteiger partial charge in [-0.3, -0.25) is 4.79 Å². The van der Waals surface area contributed by atoms with Crippen LogP contribution < -0.4 is 5.43 Å². The van der Waals surface area contributed by atoms with Gasteiger partial charge in [-0.25, -0.2) is 5.43 Å². The zero-order chi connectivity index (χ0) is 15.2. The fourth-order valence-electron chi connectivity index (χ4n) is 2.11. The molecule has 0 unspecified atom stereocenters. The lowest BCUT2D eigenvalue weighted by Gasteiger charge is -2.06. The predicted octanol–water partition coefficient (Wildman–Crippen LogP) is 3.84. The number of rotatable bonds is 5. The minimum atomic E-state index is -0.394. The molecule has 0 saturated carbocycles. The number of amides is 1. The highest BCUT2D eigenvalue weighted by Crippen LogP contribution is 2.24. The maximum Gasteiger partial charge on any atom is 0.275 e. The monoisotopic (exact) mass is 284 g/mol. The average Bonchev–Trinajstić information content (AvgIpc) is 2.49. The van der Waals surface area contributed by atoms with Crippen LogP contribution in [0.4, 0.5) is 0 Å². The van der Waals surface area contributed by atoms with Crippen LogP contribution in [0.2, 0.25) is 0 Å². The molecule has 2 N–H and O–H groups in total. The van der Waals surface area contributed by atoms with Gasteiger partial charge in [0.1, 0.15) is 5.75 Å². The van der Waals surface area contributed by atoms with Gasteiger partial charge in [-0.2, -0.15) is 5.10 Å². The van der Waals surface area contributed by atoms with Crippen LogP contribution in [0.1, 0.15) is 43.5 Å². The number of nitrogens with zero attached hydrogens (tertiary/aromatic N) is 1. The molecule has 0 atom stereocenters. The molecule has 0 aliphatic heterocycles. The molecular weight excluding hydrogens is 264 g/mol. The molecule has 2 aromatic carbocycles. The van der Waals surface area contributed by atoms with Crippen molar-refractivity contribution >= 4 is 22.4 Å². The molecule has 2 rings (SSSR count). The molecular formula is C17H20N2O2. The highest BCUT2D eigenvalue weighted by molar-refractivity contribution is 6.01. The van der Waals surface area contributed by atoms with E-state index in [0.717, 1.165) is 35.7 Å². The number of fused-ring (bicyclic) bond motifs is 1. The molecule has 4 nitrogen and oxygen atoms in total. The van der Waals surface area contributed by atoms with E-state index in [1.165, 1.54) is 0 Å². The van der Waals surface area contributed by atoms with Crippen molar-refractivity contribution in [2.45, 2.75) is 33.1 Å². The third-order valence-electron chi connectivity index (χ3n) is 3.35. The first-order valence-corrected chi connectivity index (χ1v) is 7.17. The van der Waals surface area contributed by atoms with Gasteiger partial charge in [-0.15, -0.1) is 0 Å². The summed E-state index contributed by atoms with van der Waals surface area (Å²) in [5, 5.41) is 15.8. The third kappa shape index (κ3) is 3.81. The highest BCUT2D eigenvalue weighted by atomic mass is 16.3. The maximum atomic E-state index is 12.1. The van der Waals surface area contributed by atoms with Gasteiger partial charge >= 0.3 is 0 Å². The number of benzene rings is 2. The van der Waals surface area contributed by atoms with Crippen LogP contribution in [0.25, 0.3) is 10.8 Å². The standard InChI is InChI=1S/C17H20N2O2/c1-3-4-7-12(2)18-19-17(21)15-10-13-8-5-6-9-14(13)11-16(15)20/h5-6,8-11,20H,3-4,7H2,1-2H3,(H,19,21)/b18-12+. The van der Waals surface area contributed by atoms with E-state index in [9.17, 15) is 9.90 Å². The molecule has 21 heavy (non-hydrogen) atoms. The summed E-state index contributed by atoms with van der Waals surface area (Å²) in [4.78, 5) is 12.1. The summed E-state index contributed by atoms with van der Waals surface area (Å²) in [7, 11) is 0. The number of hydrazone groups is 1. The van der Waals surface area contributed by atoms with Crippen LogP contribution in [0.15, 0.2) is 41.5 Å². The van der Waals surface area contributed by atoms with E-state index >= 15 is 0 Å². The van der Waals surface area contributed by atoms with E-state index in [1.54, 1.807) is 12.1 Å². The van der Waals surface area contributed by atoms with Crippen molar-refractivity contribution in [3.8, 4) is 5.75 Å².